The number of carbonyl (C=O) groups excluding carboxylic acids is 2. The molecule has 31 heavy (non-hydrogen) atoms. The Morgan fingerprint density at radius 3 is 2.29 bits per heavy atom. The second-order valence-corrected chi connectivity index (χ2v) is 6.35. The topological polar surface area (TPSA) is 107 Å². The lowest BCUT2D eigenvalue weighted by molar-refractivity contribution is -0.123. The smallest absolute Gasteiger partial charge is 0.276 e. The Labute approximate surface area is 186 Å². The highest BCUT2D eigenvalue weighted by atomic mass is 32.1. The second-order valence-electron chi connectivity index (χ2n) is 5.94. The summed E-state index contributed by atoms with van der Waals surface area (Å²) in [5, 5.41) is 2.40. The van der Waals surface area contributed by atoms with Crippen molar-refractivity contribution < 1.29 is 28.5 Å². The molecule has 2 aromatic rings. The van der Waals surface area contributed by atoms with Gasteiger partial charge in [-0.25, -0.2) is 0 Å². The summed E-state index contributed by atoms with van der Waals surface area (Å²) in [4.78, 5) is 24.4. The molecule has 3 N–H and O–H groups in total. The van der Waals surface area contributed by atoms with Crippen molar-refractivity contribution in [2.75, 3.05) is 33.5 Å². The fourth-order valence-corrected chi connectivity index (χ4v) is 2.52. The molecule has 0 spiro atoms. The van der Waals surface area contributed by atoms with Gasteiger partial charge in [0.25, 0.3) is 11.8 Å². The number of benzene rings is 2. The van der Waals surface area contributed by atoms with Gasteiger partial charge in [0, 0.05) is 6.61 Å². The standard InChI is InChI=1S/C21H25N3O6S/c1-3-28-12-13-29-16-9-5-4-8-15(16)20(26)22-21(31)24-23-19(25)14-30-18-11-7-6-10-17(18)27-2/h4-11H,3,12-14H2,1-2H3,(H,23,25)(H2,22,24,26,31). The number of amides is 2. The summed E-state index contributed by atoms with van der Waals surface area (Å²) in [6, 6.07) is 13.7. The first-order chi connectivity index (χ1) is 15.0. The fourth-order valence-electron chi connectivity index (χ4n) is 2.38. The first-order valence-corrected chi connectivity index (χ1v) is 9.91. The molecule has 2 amide bonds. The van der Waals surface area contributed by atoms with Crippen LogP contribution in [-0.2, 0) is 9.53 Å². The maximum atomic E-state index is 12.5. The molecular formula is C21H25N3O6S. The van der Waals surface area contributed by atoms with Crippen LogP contribution in [-0.4, -0.2) is 50.5 Å². The Kier molecular flexibility index (Phi) is 10.1. The Morgan fingerprint density at radius 1 is 0.903 bits per heavy atom. The zero-order valence-corrected chi connectivity index (χ0v) is 18.1. The van der Waals surface area contributed by atoms with Crippen LogP contribution in [0.2, 0.25) is 0 Å². The van der Waals surface area contributed by atoms with Gasteiger partial charge >= 0.3 is 0 Å². The van der Waals surface area contributed by atoms with E-state index in [4.69, 9.17) is 31.2 Å². The maximum absolute atomic E-state index is 12.5. The predicted octanol–water partition coefficient (Wildman–Crippen LogP) is 1.82. The van der Waals surface area contributed by atoms with Crippen molar-refractivity contribution in [3.05, 3.63) is 54.1 Å². The van der Waals surface area contributed by atoms with Crippen molar-refractivity contribution in [2.45, 2.75) is 6.92 Å². The van der Waals surface area contributed by atoms with Gasteiger partial charge in [-0.3, -0.25) is 25.8 Å². The first kappa shape index (κ1) is 23.9. The van der Waals surface area contributed by atoms with Crippen molar-refractivity contribution in [3.63, 3.8) is 0 Å². The van der Waals surface area contributed by atoms with Crippen LogP contribution < -0.4 is 30.4 Å². The molecule has 0 saturated heterocycles. The van der Waals surface area contributed by atoms with E-state index in [1.807, 2.05) is 6.92 Å². The number of hydrazine groups is 1. The van der Waals surface area contributed by atoms with E-state index in [0.717, 1.165) is 0 Å². The molecule has 0 fully saturated rings. The van der Waals surface area contributed by atoms with Crippen molar-refractivity contribution in [2.24, 2.45) is 0 Å². The number of para-hydroxylation sites is 3. The van der Waals surface area contributed by atoms with Crippen molar-refractivity contribution >= 4 is 29.1 Å². The van der Waals surface area contributed by atoms with E-state index in [-0.39, 0.29) is 11.7 Å². The van der Waals surface area contributed by atoms with Crippen LogP contribution >= 0.6 is 12.2 Å². The van der Waals surface area contributed by atoms with Crippen LogP contribution in [0.25, 0.3) is 0 Å². The molecule has 2 aromatic carbocycles. The molecule has 9 nitrogen and oxygen atoms in total. The van der Waals surface area contributed by atoms with Gasteiger partial charge in [-0.15, -0.1) is 0 Å². The summed E-state index contributed by atoms with van der Waals surface area (Å²) in [5.74, 6) is 0.355. The summed E-state index contributed by atoms with van der Waals surface area (Å²) in [5.41, 5.74) is 5.11. The first-order valence-electron chi connectivity index (χ1n) is 9.50. The number of rotatable bonds is 10. The third-order valence-corrected chi connectivity index (χ3v) is 4.00. The lowest BCUT2D eigenvalue weighted by atomic mass is 10.2. The number of thiocarbonyl (C=S) groups is 1. The minimum Gasteiger partial charge on any atom is -0.493 e. The average Bonchev–Trinajstić information content (AvgIpc) is 2.79. The molecule has 0 aliphatic heterocycles. The molecule has 166 valence electrons. The SMILES string of the molecule is CCOCCOc1ccccc1C(=O)NC(=S)NNC(=O)COc1ccccc1OC. The molecule has 0 aliphatic carbocycles. The summed E-state index contributed by atoms with van der Waals surface area (Å²) in [7, 11) is 1.51. The second kappa shape index (κ2) is 13.0. The quantitative estimate of drug-likeness (QED) is 0.288. The number of hydrogen-bond acceptors (Lipinski definition) is 7. The number of carbonyl (C=O) groups is 2. The highest BCUT2D eigenvalue weighted by Crippen LogP contribution is 2.25. The molecule has 2 rings (SSSR count). The van der Waals surface area contributed by atoms with Crippen LogP contribution in [0.4, 0.5) is 0 Å². The number of methoxy groups -OCH3 is 1. The lowest BCUT2D eigenvalue weighted by Gasteiger charge is -2.14. The van der Waals surface area contributed by atoms with Crippen LogP contribution in [0.5, 0.6) is 17.2 Å². The molecule has 0 unspecified atom stereocenters. The minimum absolute atomic E-state index is 0.0836. The van der Waals surface area contributed by atoms with Crippen LogP contribution in [0, 0.1) is 0 Å². The molecule has 10 heteroatoms. The van der Waals surface area contributed by atoms with Crippen molar-refractivity contribution in [1.29, 1.82) is 0 Å². The number of hydrogen-bond donors (Lipinski definition) is 3. The van der Waals surface area contributed by atoms with E-state index in [1.54, 1.807) is 48.5 Å². The van der Waals surface area contributed by atoms with E-state index in [9.17, 15) is 9.59 Å². The summed E-state index contributed by atoms with van der Waals surface area (Å²) in [6.07, 6.45) is 0. The average molecular weight is 448 g/mol. The Bertz CT molecular complexity index is 893. The van der Waals surface area contributed by atoms with Crippen LogP contribution in [0.1, 0.15) is 17.3 Å². The number of ether oxygens (including phenoxy) is 4. The van der Waals surface area contributed by atoms with Gasteiger partial charge in [0.15, 0.2) is 23.2 Å². The van der Waals surface area contributed by atoms with Gasteiger partial charge in [-0.2, -0.15) is 0 Å². The van der Waals surface area contributed by atoms with Crippen molar-refractivity contribution in [1.82, 2.24) is 16.2 Å². The van der Waals surface area contributed by atoms with Gasteiger partial charge in [0.2, 0.25) is 0 Å². The van der Waals surface area contributed by atoms with E-state index >= 15 is 0 Å². The third kappa shape index (κ3) is 8.11. The van der Waals surface area contributed by atoms with Gasteiger partial charge in [0.05, 0.1) is 19.3 Å². The van der Waals surface area contributed by atoms with E-state index in [1.165, 1.54) is 7.11 Å². The van der Waals surface area contributed by atoms with Crippen molar-refractivity contribution in [3.8, 4) is 17.2 Å². The molecule has 0 aliphatic rings. The van der Waals surface area contributed by atoms with E-state index in [0.29, 0.717) is 42.6 Å². The van der Waals surface area contributed by atoms with Gasteiger partial charge in [0.1, 0.15) is 12.4 Å². The molecule has 0 saturated carbocycles. The fraction of sp³-hybridized carbons (Fsp3) is 0.286. The largest absolute Gasteiger partial charge is 0.493 e. The lowest BCUT2D eigenvalue weighted by Crippen LogP contribution is -2.49. The normalized spacial score (nSPS) is 10.0. The highest BCUT2D eigenvalue weighted by molar-refractivity contribution is 7.80. The summed E-state index contributed by atoms with van der Waals surface area (Å²) >= 11 is 5.05. The predicted molar refractivity (Wildman–Crippen MR) is 118 cm³/mol. The van der Waals surface area contributed by atoms with Gasteiger partial charge in [-0.1, -0.05) is 24.3 Å². The van der Waals surface area contributed by atoms with Gasteiger partial charge in [-0.05, 0) is 43.4 Å². The summed E-state index contributed by atoms with van der Waals surface area (Å²) in [6.45, 7) is 2.92. The molecule has 0 atom stereocenters. The molecule has 0 heterocycles. The van der Waals surface area contributed by atoms with Crippen LogP contribution in [0.3, 0.4) is 0 Å². The monoisotopic (exact) mass is 447 g/mol. The Morgan fingerprint density at radius 2 is 1.58 bits per heavy atom. The minimum atomic E-state index is -0.498. The maximum Gasteiger partial charge on any atom is 0.276 e. The van der Waals surface area contributed by atoms with Gasteiger partial charge < -0.3 is 18.9 Å². The number of nitrogens with one attached hydrogen (secondary N) is 3. The van der Waals surface area contributed by atoms with E-state index < -0.39 is 11.8 Å². The Hall–Kier alpha value is -3.37. The zero-order chi connectivity index (χ0) is 22.5. The molecular weight excluding hydrogens is 422 g/mol. The summed E-state index contributed by atoms with van der Waals surface area (Å²) < 4.78 is 21.4. The molecule has 0 aromatic heterocycles. The van der Waals surface area contributed by atoms with Crippen LogP contribution in [0.15, 0.2) is 48.5 Å². The molecule has 0 radical (unpaired) electrons. The third-order valence-electron chi connectivity index (χ3n) is 3.79. The van der Waals surface area contributed by atoms with E-state index in [2.05, 4.69) is 16.2 Å². The zero-order valence-electron chi connectivity index (χ0n) is 17.3. The molecule has 0 bridgehead atoms. The Balaban J connectivity index is 1.79. The highest BCUT2D eigenvalue weighted by Gasteiger charge is 2.14.